The quantitative estimate of drug-likeness (QED) is 0.842. The second kappa shape index (κ2) is 5.83. The molecular formula is C12H15NO5S. The Bertz CT molecular complexity index is 607. The van der Waals surface area contributed by atoms with Crippen molar-refractivity contribution < 1.29 is 23.1 Å². The molecule has 7 heteroatoms. The summed E-state index contributed by atoms with van der Waals surface area (Å²) in [5.74, 6) is -2.72. The zero-order chi connectivity index (χ0) is 14.6. The number of anilines is 1. The van der Waals surface area contributed by atoms with Gasteiger partial charge in [0.25, 0.3) is 0 Å². The van der Waals surface area contributed by atoms with Gasteiger partial charge in [0, 0.05) is 5.75 Å². The molecule has 1 rings (SSSR count). The first kappa shape index (κ1) is 15.2. The van der Waals surface area contributed by atoms with E-state index in [1.54, 1.807) is 13.0 Å². The number of aryl methyl sites for hydroxylation is 1. The van der Waals surface area contributed by atoms with Crippen molar-refractivity contribution in [2.45, 2.75) is 13.8 Å². The highest BCUT2D eigenvalue weighted by Crippen LogP contribution is 2.17. The lowest BCUT2D eigenvalue weighted by Crippen LogP contribution is -2.24. The minimum atomic E-state index is -3.44. The molecule has 0 unspecified atom stereocenters. The van der Waals surface area contributed by atoms with Crippen LogP contribution in [0.25, 0.3) is 0 Å². The number of aromatic carboxylic acids is 1. The van der Waals surface area contributed by atoms with Crippen LogP contribution in [0.4, 0.5) is 5.69 Å². The van der Waals surface area contributed by atoms with Gasteiger partial charge in [0.15, 0.2) is 9.84 Å². The second-order valence-corrected chi connectivity index (χ2v) is 6.43. The van der Waals surface area contributed by atoms with E-state index in [0.29, 0.717) is 0 Å². The molecule has 0 heterocycles. The zero-order valence-corrected chi connectivity index (χ0v) is 11.5. The first-order valence-electron chi connectivity index (χ1n) is 5.59. The maximum absolute atomic E-state index is 11.6. The van der Waals surface area contributed by atoms with Gasteiger partial charge in [-0.25, -0.2) is 13.2 Å². The Labute approximate surface area is 111 Å². The molecule has 1 amide bonds. The van der Waals surface area contributed by atoms with Crippen molar-refractivity contribution in [3.8, 4) is 0 Å². The first-order valence-corrected chi connectivity index (χ1v) is 7.41. The van der Waals surface area contributed by atoms with Crippen LogP contribution in [0.15, 0.2) is 18.2 Å². The predicted octanol–water partition coefficient (Wildman–Crippen LogP) is 1.07. The standard InChI is InChI=1S/C12H15NO5S/c1-3-19(17,18)7-11(14)13-10-5-4-8(2)6-9(10)12(15)16/h4-6H,3,7H2,1-2H3,(H,13,14)(H,15,16). The van der Waals surface area contributed by atoms with Crippen LogP contribution in [0.1, 0.15) is 22.8 Å². The molecule has 2 N–H and O–H groups in total. The molecule has 104 valence electrons. The van der Waals surface area contributed by atoms with E-state index in [1.807, 2.05) is 0 Å². The summed E-state index contributed by atoms with van der Waals surface area (Å²) < 4.78 is 22.6. The summed E-state index contributed by atoms with van der Waals surface area (Å²) in [5, 5.41) is 11.3. The minimum Gasteiger partial charge on any atom is -0.478 e. The van der Waals surface area contributed by atoms with Crippen LogP contribution in [0.5, 0.6) is 0 Å². The Hall–Kier alpha value is -1.89. The van der Waals surface area contributed by atoms with E-state index in [2.05, 4.69) is 5.32 Å². The van der Waals surface area contributed by atoms with Crippen molar-refractivity contribution in [3.05, 3.63) is 29.3 Å². The van der Waals surface area contributed by atoms with E-state index in [4.69, 9.17) is 5.11 Å². The van der Waals surface area contributed by atoms with E-state index in [9.17, 15) is 18.0 Å². The molecule has 1 aromatic carbocycles. The topological polar surface area (TPSA) is 101 Å². The van der Waals surface area contributed by atoms with Gasteiger partial charge in [0.2, 0.25) is 5.91 Å². The molecule has 0 aromatic heterocycles. The summed E-state index contributed by atoms with van der Waals surface area (Å²) >= 11 is 0. The number of sulfone groups is 1. The van der Waals surface area contributed by atoms with Gasteiger partial charge in [0.1, 0.15) is 5.75 Å². The van der Waals surface area contributed by atoms with Gasteiger partial charge in [0.05, 0.1) is 11.3 Å². The molecule has 6 nitrogen and oxygen atoms in total. The molecule has 0 fully saturated rings. The minimum absolute atomic E-state index is 0.0674. The fraction of sp³-hybridized carbons (Fsp3) is 0.333. The molecule has 0 atom stereocenters. The Balaban J connectivity index is 2.94. The van der Waals surface area contributed by atoms with Crippen molar-refractivity contribution >= 4 is 27.4 Å². The van der Waals surface area contributed by atoms with Gasteiger partial charge in [-0.15, -0.1) is 0 Å². The lowest BCUT2D eigenvalue weighted by molar-refractivity contribution is -0.113. The zero-order valence-electron chi connectivity index (χ0n) is 10.6. The van der Waals surface area contributed by atoms with Crippen LogP contribution in [-0.4, -0.2) is 36.9 Å². The number of carbonyl (C=O) groups is 2. The van der Waals surface area contributed by atoms with Gasteiger partial charge in [-0.3, -0.25) is 4.79 Å². The fourth-order valence-corrected chi connectivity index (χ4v) is 2.11. The SMILES string of the molecule is CCS(=O)(=O)CC(=O)Nc1ccc(C)cc1C(=O)O. The molecule has 0 aliphatic heterocycles. The highest BCUT2D eigenvalue weighted by molar-refractivity contribution is 7.92. The van der Waals surface area contributed by atoms with Crippen LogP contribution < -0.4 is 5.32 Å². The van der Waals surface area contributed by atoms with Gasteiger partial charge < -0.3 is 10.4 Å². The molecule has 0 aliphatic rings. The van der Waals surface area contributed by atoms with Crippen molar-refractivity contribution in [1.29, 1.82) is 0 Å². The van der Waals surface area contributed by atoms with E-state index < -0.39 is 27.5 Å². The number of hydrogen-bond acceptors (Lipinski definition) is 4. The summed E-state index contributed by atoms with van der Waals surface area (Å²) in [5.41, 5.74) is 0.758. The van der Waals surface area contributed by atoms with Gasteiger partial charge in [-0.2, -0.15) is 0 Å². The summed E-state index contributed by atoms with van der Waals surface area (Å²) in [6.07, 6.45) is 0. The van der Waals surface area contributed by atoms with Gasteiger partial charge in [-0.1, -0.05) is 18.6 Å². The summed E-state index contributed by atoms with van der Waals surface area (Å²) in [7, 11) is -3.44. The highest BCUT2D eigenvalue weighted by atomic mass is 32.2. The smallest absolute Gasteiger partial charge is 0.337 e. The van der Waals surface area contributed by atoms with Crippen LogP contribution >= 0.6 is 0 Å². The molecule has 19 heavy (non-hydrogen) atoms. The second-order valence-electron chi connectivity index (χ2n) is 4.08. The Morgan fingerprint density at radius 3 is 2.47 bits per heavy atom. The molecule has 0 saturated carbocycles. The summed E-state index contributed by atoms with van der Waals surface area (Å²) in [4.78, 5) is 22.6. The number of amides is 1. The molecule has 0 spiro atoms. The number of hydrogen-bond donors (Lipinski definition) is 2. The van der Waals surface area contributed by atoms with E-state index in [0.717, 1.165) is 5.56 Å². The van der Waals surface area contributed by atoms with Gasteiger partial charge in [-0.05, 0) is 19.1 Å². The molecule has 0 aliphatic carbocycles. The number of rotatable bonds is 5. The number of carbonyl (C=O) groups excluding carboxylic acids is 1. The van der Waals surface area contributed by atoms with E-state index in [1.165, 1.54) is 19.1 Å². The third kappa shape index (κ3) is 4.36. The third-order valence-corrected chi connectivity index (χ3v) is 4.05. The lowest BCUT2D eigenvalue weighted by atomic mass is 10.1. The van der Waals surface area contributed by atoms with Crippen molar-refractivity contribution in [1.82, 2.24) is 0 Å². The average Bonchev–Trinajstić information content (AvgIpc) is 2.30. The number of nitrogens with one attached hydrogen (secondary N) is 1. The molecule has 0 radical (unpaired) electrons. The Kier molecular flexibility index (Phi) is 4.66. The largest absolute Gasteiger partial charge is 0.478 e. The van der Waals surface area contributed by atoms with Crippen molar-refractivity contribution in [2.75, 3.05) is 16.8 Å². The maximum atomic E-state index is 11.6. The van der Waals surface area contributed by atoms with Crippen LogP contribution in [-0.2, 0) is 14.6 Å². The van der Waals surface area contributed by atoms with Crippen molar-refractivity contribution in [3.63, 3.8) is 0 Å². The molecule has 0 bridgehead atoms. The monoisotopic (exact) mass is 285 g/mol. The first-order chi connectivity index (χ1) is 8.75. The maximum Gasteiger partial charge on any atom is 0.337 e. The molecular weight excluding hydrogens is 270 g/mol. The number of benzene rings is 1. The third-order valence-electron chi connectivity index (χ3n) is 2.47. The Morgan fingerprint density at radius 2 is 1.95 bits per heavy atom. The predicted molar refractivity (Wildman–Crippen MR) is 71.1 cm³/mol. The number of carboxylic acids is 1. The Morgan fingerprint density at radius 1 is 1.32 bits per heavy atom. The number of carboxylic acid groups (broad SMARTS) is 1. The molecule has 1 aromatic rings. The fourth-order valence-electron chi connectivity index (χ4n) is 1.43. The van der Waals surface area contributed by atoms with E-state index in [-0.39, 0.29) is 17.0 Å². The lowest BCUT2D eigenvalue weighted by Gasteiger charge is -2.09. The van der Waals surface area contributed by atoms with Crippen LogP contribution in [0.3, 0.4) is 0 Å². The average molecular weight is 285 g/mol. The van der Waals surface area contributed by atoms with Gasteiger partial charge >= 0.3 is 5.97 Å². The normalized spacial score (nSPS) is 11.1. The van der Waals surface area contributed by atoms with Crippen LogP contribution in [0, 0.1) is 6.92 Å². The summed E-state index contributed by atoms with van der Waals surface area (Å²) in [6, 6.07) is 4.48. The summed E-state index contributed by atoms with van der Waals surface area (Å²) in [6.45, 7) is 3.16. The van der Waals surface area contributed by atoms with Crippen molar-refractivity contribution in [2.24, 2.45) is 0 Å². The molecule has 0 saturated heterocycles. The highest BCUT2D eigenvalue weighted by Gasteiger charge is 2.17. The van der Waals surface area contributed by atoms with E-state index >= 15 is 0 Å². The van der Waals surface area contributed by atoms with Crippen LogP contribution in [0.2, 0.25) is 0 Å².